The molecular weight excluding hydrogens is 352 g/mol. The minimum Gasteiger partial charge on any atom is -0.350 e. The van der Waals surface area contributed by atoms with Gasteiger partial charge in [0.25, 0.3) is 0 Å². The van der Waals surface area contributed by atoms with Crippen LogP contribution < -0.4 is 0 Å². The maximum Gasteiger partial charge on any atom is 0.417 e. The fraction of sp³-hybridized carbons (Fsp3) is 0.0667. The summed E-state index contributed by atoms with van der Waals surface area (Å²) in [4.78, 5) is 18.8. The van der Waals surface area contributed by atoms with Crippen molar-refractivity contribution in [1.29, 1.82) is 0 Å². The zero-order valence-electron chi connectivity index (χ0n) is 11.1. The first-order valence-corrected chi connectivity index (χ1v) is 6.99. The van der Waals surface area contributed by atoms with Gasteiger partial charge in [-0.1, -0.05) is 29.3 Å². The Morgan fingerprint density at radius 1 is 1.26 bits per heavy atom. The van der Waals surface area contributed by atoms with Gasteiger partial charge < -0.3 is 4.98 Å². The van der Waals surface area contributed by atoms with Gasteiger partial charge in [0.2, 0.25) is 5.78 Å². The number of alkyl halides is 3. The molecule has 0 aliphatic carbocycles. The Morgan fingerprint density at radius 2 is 2.00 bits per heavy atom. The number of carbonyl (C=O) groups is 1. The summed E-state index contributed by atoms with van der Waals surface area (Å²) in [5.41, 5.74) is -0.521. The van der Waals surface area contributed by atoms with Gasteiger partial charge in [-0.2, -0.15) is 13.2 Å². The fourth-order valence-electron chi connectivity index (χ4n) is 2.08. The Bertz CT molecular complexity index is 898. The normalized spacial score (nSPS) is 11.9. The lowest BCUT2D eigenvalue weighted by Gasteiger charge is -2.05. The van der Waals surface area contributed by atoms with E-state index in [0.29, 0.717) is 6.20 Å². The van der Waals surface area contributed by atoms with Crippen LogP contribution in [0.2, 0.25) is 10.0 Å². The molecule has 23 heavy (non-hydrogen) atoms. The Balaban J connectivity index is 2.09. The molecular formula is C15H6Cl2F3N2O. The van der Waals surface area contributed by atoms with E-state index < -0.39 is 17.5 Å². The highest BCUT2D eigenvalue weighted by atomic mass is 35.5. The van der Waals surface area contributed by atoms with E-state index in [2.05, 4.69) is 16.0 Å². The standard InChI is InChI=1S/C15H6Cl2F3N2O/c16-8-2-1-3-9(17)13(8)14(23)12-5-10-11(22-12)4-7(6-21-10)15(18,19)20/h1-2,4-6,22H. The van der Waals surface area contributed by atoms with E-state index in [0.717, 1.165) is 6.07 Å². The minimum absolute atomic E-state index is 0.0263. The van der Waals surface area contributed by atoms with Gasteiger partial charge in [-0.3, -0.25) is 9.78 Å². The summed E-state index contributed by atoms with van der Waals surface area (Å²) in [6.07, 6.45) is -3.81. The molecule has 3 aromatic rings. The molecule has 8 heteroatoms. The lowest BCUT2D eigenvalue weighted by molar-refractivity contribution is -0.137. The van der Waals surface area contributed by atoms with Gasteiger partial charge in [0.05, 0.1) is 37.9 Å². The van der Waals surface area contributed by atoms with E-state index in [4.69, 9.17) is 23.2 Å². The molecule has 0 saturated heterocycles. The third-order valence-corrected chi connectivity index (χ3v) is 3.78. The molecule has 0 fully saturated rings. The number of benzene rings is 1. The first-order chi connectivity index (χ1) is 10.8. The van der Waals surface area contributed by atoms with Crippen LogP contribution in [-0.4, -0.2) is 15.8 Å². The molecule has 0 aliphatic rings. The molecule has 3 rings (SSSR count). The number of nitrogens with zero attached hydrogens (tertiary/aromatic N) is 1. The number of aromatic nitrogens is 2. The number of halogens is 5. The highest BCUT2D eigenvalue weighted by molar-refractivity contribution is 6.40. The van der Waals surface area contributed by atoms with Crippen LogP contribution in [0.15, 0.2) is 30.5 Å². The topological polar surface area (TPSA) is 45.8 Å². The molecule has 0 saturated carbocycles. The Morgan fingerprint density at radius 3 is 2.65 bits per heavy atom. The first-order valence-electron chi connectivity index (χ1n) is 6.23. The second-order valence-corrected chi connectivity index (χ2v) is 5.47. The van der Waals surface area contributed by atoms with Gasteiger partial charge in [-0.25, -0.2) is 0 Å². The third kappa shape index (κ3) is 2.92. The number of fused-ring (bicyclic) bond motifs is 1. The summed E-state index contributed by atoms with van der Waals surface area (Å²) in [6.45, 7) is 0. The zero-order valence-corrected chi connectivity index (χ0v) is 12.6. The average Bonchev–Trinajstić information content (AvgIpc) is 2.88. The van der Waals surface area contributed by atoms with E-state index in [1.165, 1.54) is 18.2 Å². The van der Waals surface area contributed by atoms with Crippen LogP contribution in [0.1, 0.15) is 21.6 Å². The molecule has 1 radical (unpaired) electrons. The largest absolute Gasteiger partial charge is 0.417 e. The molecule has 2 aromatic heterocycles. The molecule has 0 atom stereocenters. The minimum atomic E-state index is -4.52. The second-order valence-electron chi connectivity index (χ2n) is 4.68. The predicted octanol–water partition coefficient (Wildman–Crippen LogP) is 4.92. The van der Waals surface area contributed by atoms with Crippen LogP contribution in [0.4, 0.5) is 13.2 Å². The highest BCUT2D eigenvalue weighted by Gasteiger charge is 2.31. The molecule has 1 aromatic carbocycles. The van der Waals surface area contributed by atoms with Crippen molar-refractivity contribution in [2.45, 2.75) is 6.18 Å². The number of pyridine rings is 1. The highest BCUT2D eigenvalue weighted by Crippen LogP contribution is 2.31. The van der Waals surface area contributed by atoms with Crippen LogP contribution in [0.5, 0.6) is 0 Å². The summed E-state index contributed by atoms with van der Waals surface area (Å²) < 4.78 is 38.1. The number of nitrogens with one attached hydrogen (secondary N) is 1. The van der Waals surface area contributed by atoms with Crippen molar-refractivity contribution in [2.24, 2.45) is 0 Å². The molecule has 0 amide bonds. The molecule has 0 spiro atoms. The van der Waals surface area contributed by atoms with E-state index in [-0.39, 0.29) is 32.3 Å². The lowest BCUT2D eigenvalue weighted by Crippen LogP contribution is -2.05. The van der Waals surface area contributed by atoms with Crippen LogP contribution >= 0.6 is 23.2 Å². The second kappa shape index (κ2) is 5.54. The van der Waals surface area contributed by atoms with Crippen LogP contribution in [0.3, 0.4) is 0 Å². The Kier molecular flexibility index (Phi) is 3.82. The lowest BCUT2D eigenvalue weighted by atomic mass is 10.1. The molecule has 2 heterocycles. The Labute approximate surface area is 138 Å². The van der Waals surface area contributed by atoms with Crippen molar-refractivity contribution in [1.82, 2.24) is 9.97 Å². The molecule has 0 bridgehead atoms. The summed E-state index contributed by atoms with van der Waals surface area (Å²) in [7, 11) is 0. The number of hydrogen-bond donors (Lipinski definition) is 1. The summed E-state index contributed by atoms with van der Waals surface area (Å²) in [5.74, 6) is -0.552. The third-order valence-electron chi connectivity index (χ3n) is 3.17. The number of hydrogen-bond acceptors (Lipinski definition) is 2. The molecule has 1 N–H and O–H groups in total. The smallest absolute Gasteiger partial charge is 0.350 e. The number of rotatable bonds is 2. The summed E-state index contributed by atoms with van der Waals surface area (Å²) >= 11 is 11.9. The zero-order chi connectivity index (χ0) is 16.8. The Hall–Kier alpha value is -2.05. The van der Waals surface area contributed by atoms with Crippen molar-refractivity contribution in [3.05, 3.63) is 63.4 Å². The van der Waals surface area contributed by atoms with Crippen molar-refractivity contribution in [3.63, 3.8) is 0 Å². The number of carbonyl (C=O) groups excluding carboxylic acids is 1. The molecule has 3 nitrogen and oxygen atoms in total. The van der Waals surface area contributed by atoms with Gasteiger partial charge in [-0.05, 0) is 18.2 Å². The van der Waals surface area contributed by atoms with Crippen molar-refractivity contribution >= 4 is 40.0 Å². The van der Waals surface area contributed by atoms with Gasteiger partial charge >= 0.3 is 6.18 Å². The van der Waals surface area contributed by atoms with E-state index in [9.17, 15) is 18.0 Å². The predicted molar refractivity (Wildman–Crippen MR) is 79.8 cm³/mol. The monoisotopic (exact) mass is 357 g/mol. The average molecular weight is 358 g/mol. The molecule has 0 unspecified atom stereocenters. The van der Waals surface area contributed by atoms with Gasteiger partial charge in [0.15, 0.2) is 0 Å². The number of ketones is 1. The van der Waals surface area contributed by atoms with Crippen molar-refractivity contribution < 1.29 is 18.0 Å². The SMILES string of the molecule is O=C(c1cc2ncc(C(F)(F)F)cc2[nH]1)c1c(Cl)[c]ccc1Cl. The molecule has 117 valence electrons. The van der Waals surface area contributed by atoms with Crippen LogP contribution in [0.25, 0.3) is 11.0 Å². The quantitative estimate of drug-likeness (QED) is 0.661. The number of H-pyrrole nitrogens is 1. The van der Waals surface area contributed by atoms with Gasteiger partial charge in [-0.15, -0.1) is 0 Å². The first kappa shape index (κ1) is 15.8. The van der Waals surface area contributed by atoms with Crippen LogP contribution in [0, 0.1) is 6.07 Å². The van der Waals surface area contributed by atoms with Gasteiger partial charge in [0.1, 0.15) is 0 Å². The van der Waals surface area contributed by atoms with Gasteiger partial charge in [0, 0.05) is 12.3 Å². The molecule has 0 aliphatic heterocycles. The fourth-order valence-corrected chi connectivity index (χ4v) is 2.62. The van der Waals surface area contributed by atoms with Crippen LogP contribution in [-0.2, 0) is 6.18 Å². The van der Waals surface area contributed by atoms with E-state index in [1.807, 2.05) is 0 Å². The summed E-state index contributed by atoms with van der Waals surface area (Å²) in [5, 5.41) is 0.159. The maximum atomic E-state index is 12.7. The maximum absolute atomic E-state index is 12.7. The van der Waals surface area contributed by atoms with Crippen molar-refractivity contribution in [3.8, 4) is 0 Å². The van der Waals surface area contributed by atoms with E-state index in [1.54, 1.807) is 0 Å². The number of aromatic amines is 1. The van der Waals surface area contributed by atoms with Crippen molar-refractivity contribution in [2.75, 3.05) is 0 Å². The summed E-state index contributed by atoms with van der Waals surface area (Å²) in [6, 6.07) is 7.78. The van der Waals surface area contributed by atoms with E-state index >= 15 is 0 Å².